The lowest BCUT2D eigenvalue weighted by atomic mass is 9.68. The molecule has 1 aliphatic heterocycles. The van der Waals surface area contributed by atoms with Gasteiger partial charge in [-0.1, -0.05) is 13.3 Å². The SMILES string of the molecule is CC1CC2CCCC2(C(C)(C)OC(=O)N2CCCC2(C)O)C1. The van der Waals surface area contributed by atoms with Crippen LogP contribution < -0.4 is 0 Å². The van der Waals surface area contributed by atoms with Crippen LogP contribution in [0.3, 0.4) is 0 Å². The first kappa shape index (κ1) is 16.1. The van der Waals surface area contributed by atoms with Gasteiger partial charge in [0, 0.05) is 12.0 Å². The molecule has 3 rings (SSSR count). The van der Waals surface area contributed by atoms with Crippen molar-refractivity contribution in [3.8, 4) is 0 Å². The van der Waals surface area contributed by atoms with Crippen molar-refractivity contribution in [1.29, 1.82) is 0 Å². The normalized spacial score (nSPS) is 41.8. The second-order valence-electron chi connectivity index (χ2n) is 8.64. The van der Waals surface area contributed by atoms with E-state index in [4.69, 9.17) is 4.74 Å². The lowest BCUT2D eigenvalue weighted by Gasteiger charge is -2.45. The fraction of sp³-hybridized carbons (Fsp3) is 0.944. The minimum atomic E-state index is -1.05. The molecule has 0 aromatic rings. The van der Waals surface area contributed by atoms with Crippen molar-refractivity contribution in [1.82, 2.24) is 4.90 Å². The number of hydrogen-bond acceptors (Lipinski definition) is 3. The lowest BCUT2D eigenvalue weighted by Crippen LogP contribution is -2.52. The summed E-state index contributed by atoms with van der Waals surface area (Å²) in [6.07, 6.45) is 7.25. The van der Waals surface area contributed by atoms with Gasteiger partial charge in [0.25, 0.3) is 0 Å². The smallest absolute Gasteiger partial charge is 0.412 e. The topological polar surface area (TPSA) is 49.8 Å². The molecular formula is C18H31NO3. The van der Waals surface area contributed by atoms with E-state index >= 15 is 0 Å². The number of fused-ring (bicyclic) bond motifs is 1. The van der Waals surface area contributed by atoms with Crippen molar-refractivity contribution in [3.63, 3.8) is 0 Å². The minimum absolute atomic E-state index is 0.133. The van der Waals surface area contributed by atoms with Crippen LogP contribution in [0.15, 0.2) is 0 Å². The fourth-order valence-corrected chi connectivity index (χ4v) is 5.60. The Hall–Kier alpha value is -0.770. The molecular weight excluding hydrogens is 278 g/mol. The predicted molar refractivity (Wildman–Crippen MR) is 85.3 cm³/mol. The zero-order valence-electron chi connectivity index (χ0n) is 14.5. The Morgan fingerprint density at radius 2 is 2.05 bits per heavy atom. The summed E-state index contributed by atoms with van der Waals surface area (Å²) in [6.45, 7) is 8.80. The summed E-state index contributed by atoms with van der Waals surface area (Å²) < 4.78 is 6.02. The largest absolute Gasteiger partial charge is 0.443 e. The Balaban J connectivity index is 1.77. The number of ether oxygens (including phenoxy) is 1. The van der Waals surface area contributed by atoms with Gasteiger partial charge in [0.05, 0.1) is 0 Å². The summed E-state index contributed by atoms with van der Waals surface area (Å²) in [5.74, 6) is 1.41. The first-order valence-electron chi connectivity index (χ1n) is 8.91. The van der Waals surface area contributed by atoms with Gasteiger partial charge < -0.3 is 9.84 Å². The third kappa shape index (κ3) is 2.34. The molecule has 4 atom stereocenters. The molecule has 4 heteroatoms. The summed E-state index contributed by atoms with van der Waals surface area (Å²) in [6, 6.07) is 0. The van der Waals surface area contributed by atoms with Gasteiger partial charge in [0.2, 0.25) is 0 Å². The second kappa shape index (κ2) is 5.12. The molecule has 4 nitrogen and oxygen atoms in total. The van der Waals surface area contributed by atoms with Crippen molar-refractivity contribution in [2.45, 2.75) is 84.0 Å². The lowest BCUT2D eigenvalue weighted by molar-refractivity contribution is -0.114. The van der Waals surface area contributed by atoms with Gasteiger partial charge in [0.15, 0.2) is 0 Å². The summed E-state index contributed by atoms with van der Waals surface area (Å²) in [4.78, 5) is 14.2. The molecule has 1 N–H and O–H groups in total. The Bertz CT molecular complexity index is 459. The number of aliphatic hydroxyl groups is 1. The Kier molecular flexibility index (Phi) is 3.75. The minimum Gasteiger partial charge on any atom is -0.443 e. The van der Waals surface area contributed by atoms with Crippen LogP contribution in [0.25, 0.3) is 0 Å². The Morgan fingerprint density at radius 3 is 2.68 bits per heavy atom. The van der Waals surface area contributed by atoms with E-state index in [9.17, 15) is 9.90 Å². The van der Waals surface area contributed by atoms with Gasteiger partial charge in [-0.25, -0.2) is 4.79 Å². The number of amides is 1. The predicted octanol–water partition coefficient (Wildman–Crippen LogP) is 3.92. The highest BCUT2D eigenvalue weighted by atomic mass is 16.6. The third-order valence-electron chi connectivity index (χ3n) is 6.73. The molecule has 1 amide bonds. The summed E-state index contributed by atoms with van der Waals surface area (Å²) >= 11 is 0. The van der Waals surface area contributed by atoms with E-state index in [0.717, 1.165) is 18.8 Å². The molecule has 126 valence electrons. The first-order chi connectivity index (χ1) is 10.2. The van der Waals surface area contributed by atoms with Crippen molar-refractivity contribution < 1.29 is 14.6 Å². The van der Waals surface area contributed by atoms with E-state index in [1.165, 1.54) is 30.6 Å². The number of rotatable bonds is 2. The number of carbonyl (C=O) groups is 1. The van der Waals surface area contributed by atoms with Crippen LogP contribution in [0.2, 0.25) is 0 Å². The maximum atomic E-state index is 12.6. The summed E-state index contributed by atoms with van der Waals surface area (Å²) in [7, 11) is 0. The number of nitrogens with zero attached hydrogens (tertiary/aromatic N) is 1. The third-order valence-corrected chi connectivity index (χ3v) is 6.73. The molecule has 2 saturated carbocycles. The van der Waals surface area contributed by atoms with Crippen LogP contribution in [0, 0.1) is 17.3 Å². The zero-order chi connectivity index (χ0) is 16.2. The van der Waals surface area contributed by atoms with Crippen LogP contribution in [0.4, 0.5) is 4.79 Å². The van der Waals surface area contributed by atoms with Crippen LogP contribution in [-0.4, -0.2) is 34.0 Å². The molecule has 1 heterocycles. The Labute approximate surface area is 134 Å². The van der Waals surface area contributed by atoms with Gasteiger partial charge >= 0.3 is 6.09 Å². The molecule has 0 bridgehead atoms. The quantitative estimate of drug-likeness (QED) is 0.841. The first-order valence-corrected chi connectivity index (χ1v) is 8.91. The van der Waals surface area contributed by atoms with Crippen molar-refractivity contribution >= 4 is 6.09 Å². The highest BCUT2D eigenvalue weighted by molar-refractivity contribution is 5.69. The molecule has 3 aliphatic rings. The van der Waals surface area contributed by atoms with Crippen LogP contribution in [0.5, 0.6) is 0 Å². The van der Waals surface area contributed by atoms with Gasteiger partial charge in [0.1, 0.15) is 11.3 Å². The van der Waals surface area contributed by atoms with E-state index in [1.54, 1.807) is 6.92 Å². The molecule has 3 fully saturated rings. The van der Waals surface area contributed by atoms with Crippen LogP contribution >= 0.6 is 0 Å². The van der Waals surface area contributed by atoms with E-state index in [2.05, 4.69) is 20.8 Å². The number of hydrogen-bond donors (Lipinski definition) is 1. The number of likely N-dealkylation sites (tertiary alicyclic amines) is 1. The molecule has 2 aliphatic carbocycles. The van der Waals surface area contributed by atoms with Crippen molar-refractivity contribution in [3.05, 3.63) is 0 Å². The molecule has 22 heavy (non-hydrogen) atoms. The molecule has 1 saturated heterocycles. The van der Waals surface area contributed by atoms with Crippen molar-refractivity contribution in [2.75, 3.05) is 6.54 Å². The highest BCUT2D eigenvalue weighted by Crippen LogP contribution is 2.62. The molecule has 0 aromatic carbocycles. The standard InChI is InChI=1S/C18H31NO3/c1-13-11-14-7-5-9-18(14,12-13)16(2,3)22-15(20)19-10-6-8-17(19,4)21/h13-14,21H,5-12H2,1-4H3. The van der Waals surface area contributed by atoms with Crippen molar-refractivity contribution in [2.24, 2.45) is 17.3 Å². The van der Waals surface area contributed by atoms with Gasteiger partial charge in [-0.15, -0.1) is 0 Å². The monoisotopic (exact) mass is 309 g/mol. The van der Waals surface area contributed by atoms with E-state index in [-0.39, 0.29) is 11.5 Å². The molecule has 0 radical (unpaired) electrons. The molecule has 0 spiro atoms. The average Bonchev–Trinajstić information content (AvgIpc) is 3.00. The summed E-state index contributed by atoms with van der Waals surface area (Å²) in [5, 5.41) is 10.3. The van der Waals surface area contributed by atoms with Crippen LogP contribution in [-0.2, 0) is 4.74 Å². The fourth-order valence-electron chi connectivity index (χ4n) is 5.60. The Morgan fingerprint density at radius 1 is 1.32 bits per heavy atom. The zero-order valence-corrected chi connectivity index (χ0v) is 14.5. The maximum absolute atomic E-state index is 12.6. The summed E-state index contributed by atoms with van der Waals surface area (Å²) in [5.41, 5.74) is -1.38. The van der Waals surface area contributed by atoms with E-state index in [1.807, 2.05) is 0 Å². The second-order valence-corrected chi connectivity index (χ2v) is 8.64. The van der Waals surface area contributed by atoms with Gasteiger partial charge in [-0.05, 0) is 71.1 Å². The van der Waals surface area contributed by atoms with Gasteiger partial charge in [-0.2, -0.15) is 0 Å². The average molecular weight is 309 g/mol. The molecule has 4 unspecified atom stereocenters. The molecule has 0 aromatic heterocycles. The highest BCUT2D eigenvalue weighted by Gasteiger charge is 2.59. The number of carbonyl (C=O) groups excluding carboxylic acids is 1. The van der Waals surface area contributed by atoms with E-state index < -0.39 is 11.3 Å². The van der Waals surface area contributed by atoms with Gasteiger partial charge in [-0.3, -0.25) is 4.90 Å². The van der Waals surface area contributed by atoms with Crippen LogP contribution in [0.1, 0.15) is 72.6 Å². The maximum Gasteiger partial charge on any atom is 0.412 e. The van der Waals surface area contributed by atoms with E-state index in [0.29, 0.717) is 18.9 Å².